The van der Waals surface area contributed by atoms with Crippen molar-refractivity contribution in [3.63, 3.8) is 0 Å². The number of hydrogen-bond acceptors (Lipinski definition) is 5. The number of rotatable bonds is 6. The van der Waals surface area contributed by atoms with Gasteiger partial charge in [0.1, 0.15) is 5.01 Å². The molecule has 0 saturated heterocycles. The van der Waals surface area contributed by atoms with Gasteiger partial charge >= 0.3 is 0 Å². The summed E-state index contributed by atoms with van der Waals surface area (Å²) in [7, 11) is 0. The Bertz CT molecular complexity index is 331. The second kappa shape index (κ2) is 6.31. The first-order valence-electron chi connectivity index (χ1n) is 6.05. The van der Waals surface area contributed by atoms with Crippen molar-refractivity contribution in [3.05, 3.63) is 5.01 Å². The Labute approximate surface area is 108 Å². The van der Waals surface area contributed by atoms with E-state index in [-0.39, 0.29) is 0 Å². The third-order valence-electron chi connectivity index (χ3n) is 2.19. The van der Waals surface area contributed by atoms with Crippen LogP contribution in [0.3, 0.4) is 0 Å². The van der Waals surface area contributed by atoms with Gasteiger partial charge < -0.3 is 10.1 Å². The average Bonchev–Trinajstić information content (AvgIpc) is 2.61. The predicted molar refractivity (Wildman–Crippen MR) is 71.5 cm³/mol. The van der Waals surface area contributed by atoms with Crippen molar-refractivity contribution in [1.82, 2.24) is 15.5 Å². The number of nitrogens with zero attached hydrogens (tertiary/aromatic N) is 2. The molecule has 5 heteroatoms. The summed E-state index contributed by atoms with van der Waals surface area (Å²) in [5.74, 6) is 0. The Morgan fingerprint density at radius 2 is 2.00 bits per heavy atom. The molecule has 0 saturated carbocycles. The fourth-order valence-electron chi connectivity index (χ4n) is 1.10. The Hall–Kier alpha value is -0.680. The van der Waals surface area contributed by atoms with Crippen LogP contribution in [0.2, 0.25) is 0 Å². The van der Waals surface area contributed by atoms with Crippen molar-refractivity contribution in [2.45, 2.75) is 53.6 Å². The lowest BCUT2D eigenvalue weighted by Crippen LogP contribution is -2.21. The molecule has 0 aliphatic carbocycles. The van der Waals surface area contributed by atoms with Crippen molar-refractivity contribution < 1.29 is 4.74 Å². The van der Waals surface area contributed by atoms with Crippen LogP contribution in [0.5, 0.6) is 5.19 Å². The van der Waals surface area contributed by atoms with Crippen LogP contribution in [0.15, 0.2) is 0 Å². The second-order valence-corrected chi connectivity index (χ2v) is 6.68. The van der Waals surface area contributed by atoms with Gasteiger partial charge in [-0.2, -0.15) is 0 Å². The van der Waals surface area contributed by atoms with E-state index in [1.807, 2.05) is 0 Å². The predicted octanol–water partition coefficient (Wildman–Crippen LogP) is 2.85. The maximum Gasteiger partial charge on any atom is 0.294 e. The smallest absolute Gasteiger partial charge is 0.294 e. The minimum atomic E-state index is 0.298. The molecular weight excluding hydrogens is 234 g/mol. The maximum absolute atomic E-state index is 5.59. The van der Waals surface area contributed by atoms with Crippen molar-refractivity contribution in [2.24, 2.45) is 5.41 Å². The van der Waals surface area contributed by atoms with Crippen molar-refractivity contribution in [1.29, 1.82) is 0 Å². The van der Waals surface area contributed by atoms with E-state index in [9.17, 15) is 0 Å². The lowest BCUT2D eigenvalue weighted by atomic mass is 9.93. The Kier molecular flexibility index (Phi) is 5.33. The summed E-state index contributed by atoms with van der Waals surface area (Å²) in [5, 5.41) is 13.1. The fraction of sp³-hybridized carbons (Fsp3) is 0.833. The summed E-state index contributed by atoms with van der Waals surface area (Å²) in [6, 6.07) is 0.462. The van der Waals surface area contributed by atoms with Crippen LogP contribution >= 0.6 is 11.3 Å². The average molecular weight is 257 g/mol. The van der Waals surface area contributed by atoms with Gasteiger partial charge in [0.15, 0.2) is 0 Å². The molecule has 98 valence electrons. The minimum Gasteiger partial charge on any atom is -0.469 e. The number of aromatic nitrogens is 2. The highest BCUT2D eigenvalue weighted by Gasteiger charge is 2.11. The summed E-state index contributed by atoms with van der Waals surface area (Å²) in [6.45, 7) is 12.3. The van der Waals surface area contributed by atoms with E-state index in [1.165, 1.54) is 11.3 Å². The molecule has 0 aliphatic rings. The lowest BCUT2D eigenvalue weighted by Gasteiger charge is -2.16. The largest absolute Gasteiger partial charge is 0.469 e. The number of hydrogen-bond donors (Lipinski definition) is 1. The molecule has 1 rings (SSSR count). The van der Waals surface area contributed by atoms with Crippen molar-refractivity contribution >= 4 is 11.3 Å². The Morgan fingerprint density at radius 1 is 1.29 bits per heavy atom. The van der Waals surface area contributed by atoms with Crippen molar-refractivity contribution in [3.8, 4) is 5.19 Å². The van der Waals surface area contributed by atoms with Gasteiger partial charge in [0, 0.05) is 6.04 Å². The van der Waals surface area contributed by atoms with Crippen LogP contribution in [0.4, 0.5) is 0 Å². The molecule has 0 aliphatic heterocycles. The zero-order valence-electron chi connectivity index (χ0n) is 11.4. The van der Waals surface area contributed by atoms with E-state index < -0.39 is 0 Å². The standard InChI is InChI=1S/C12H23N3OS/c1-9(2)13-8-10-14-15-11(17-10)16-7-6-12(3,4)5/h9,13H,6-8H2,1-5H3. The summed E-state index contributed by atoms with van der Waals surface area (Å²) in [6.07, 6.45) is 1.02. The molecule has 0 atom stereocenters. The molecule has 1 aromatic heterocycles. The monoisotopic (exact) mass is 257 g/mol. The van der Waals surface area contributed by atoms with E-state index in [4.69, 9.17) is 4.74 Å². The molecule has 0 bridgehead atoms. The lowest BCUT2D eigenvalue weighted by molar-refractivity contribution is 0.241. The highest BCUT2D eigenvalue weighted by atomic mass is 32.1. The third kappa shape index (κ3) is 6.58. The summed E-state index contributed by atoms with van der Waals surface area (Å²) in [4.78, 5) is 0. The third-order valence-corrected chi connectivity index (χ3v) is 3.02. The first-order valence-corrected chi connectivity index (χ1v) is 6.87. The van der Waals surface area contributed by atoms with Crippen LogP contribution < -0.4 is 10.1 Å². The van der Waals surface area contributed by atoms with Gasteiger partial charge in [0.2, 0.25) is 0 Å². The molecule has 1 aromatic rings. The molecule has 0 fully saturated rings. The van der Waals surface area contributed by atoms with E-state index >= 15 is 0 Å². The van der Waals surface area contributed by atoms with Gasteiger partial charge in [0.25, 0.3) is 5.19 Å². The summed E-state index contributed by atoms with van der Waals surface area (Å²) < 4.78 is 5.59. The molecular formula is C12H23N3OS. The first kappa shape index (κ1) is 14.4. The number of nitrogens with one attached hydrogen (secondary N) is 1. The van der Waals surface area contributed by atoms with E-state index in [1.54, 1.807) is 0 Å². The van der Waals surface area contributed by atoms with E-state index in [0.29, 0.717) is 23.3 Å². The highest BCUT2D eigenvalue weighted by molar-refractivity contribution is 7.13. The molecule has 0 radical (unpaired) electrons. The Morgan fingerprint density at radius 3 is 2.59 bits per heavy atom. The Balaban J connectivity index is 2.31. The van der Waals surface area contributed by atoms with Gasteiger partial charge in [-0.3, -0.25) is 0 Å². The van der Waals surface area contributed by atoms with Crippen LogP contribution in [-0.2, 0) is 6.54 Å². The second-order valence-electron chi connectivity index (χ2n) is 5.66. The molecule has 1 N–H and O–H groups in total. The molecule has 0 spiro atoms. The zero-order valence-corrected chi connectivity index (χ0v) is 12.2. The van der Waals surface area contributed by atoms with Gasteiger partial charge in [-0.15, -0.1) is 10.2 Å². The van der Waals surface area contributed by atoms with Gasteiger partial charge in [-0.1, -0.05) is 46.0 Å². The summed E-state index contributed by atoms with van der Waals surface area (Å²) >= 11 is 1.52. The van der Waals surface area contributed by atoms with Crippen LogP contribution in [-0.4, -0.2) is 22.8 Å². The van der Waals surface area contributed by atoms with Gasteiger partial charge in [-0.25, -0.2) is 0 Å². The fourth-order valence-corrected chi connectivity index (χ4v) is 1.77. The quantitative estimate of drug-likeness (QED) is 0.851. The topological polar surface area (TPSA) is 47.0 Å². The SMILES string of the molecule is CC(C)NCc1nnc(OCCC(C)(C)C)s1. The van der Waals surface area contributed by atoms with Crippen molar-refractivity contribution in [2.75, 3.05) is 6.61 Å². The molecule has 0 aromatic carbocycles. The normalized spacial score (nSPS) is 12.1. The summed E-state index contributed by atoms with van der Waals surface area (Å²) in [5.41, 5.74) is 0.298. The molecule has 0 unspecified atom stereocenters. The molecule has 17 heavy (non-hydrogen) atoms. The maximum atomic E-state index is 5.59. The van der Waals surface area contributed by atoms with Crippen LogP contribution in [0.25, 0.3) is 0 Å². The molecule has 1 heterocycles. The van der Waals surface area contributed by atoms with Gasteiger partial charge in [-0.05, 0) is 11.8 Å². The zero-order chi connectivity index (χ0) is 12.9. The molecule has 4 nitrogen and oxygen atoms in total. The number of ether oxygens (including phenoxy) is 1. The van der Waals surface area contributed by atoms with Crippen LogP contribution in [0.1, 0.15) is 46.0 Å². The van der Waals surface area contributed by atoms with E-state index in [0.717, 1.165) is 18.0 Å². The highest BCUT2D eigenvalue weighted by Crippen LogP contribution is 2.21. The first-order chi connectivity index (χ1) is 7.87. The van der Waals surface area contributed by atoms with E-state index in [2.05, 4.69) is 50.1 Å². The van der Waals surface area contributed by atoms with Gasteiger partial charge in [0.05, 0.1) is 13.2 Å². The van der Waals surface area contributed by atoms with Crippen LogP contribution in [0, 0.1) is 5.41 Å². The minimum absolute atomic E-state index is 0.298. The molecule has 0 amide bonds.